The van der Waals surface area contributed by atoms with Crippen molar-refractivity contribution in [2.45, 2.75) is 12.8 Å². The summed E-state index contributed by atoms with van der Waals surface area (Å²) >= 11 is 0. The van der Waals surface area contributed by atoms with Gasteiger partial charge in [0.1, 0.15) is 0 Å². The molecule has 0 aromatic heterocycles. The minimum atomic E-state index is -0.00763. The molecule has 0 bridgehead atoms. The largest absolute Gasteiger partial charge is 0.378 e. The number of amides is 1. The molecule has 1 amide bonds. The topological polar surface area (TPSA) is 32.3 Å². The lowest BCUT2D eigenvalue weighted by molar-refractivity contribution is 0.0953. The third-order valence-corrected chi connectivity index (χ3v) is 3.40. The lowest BCUT2D eigenvalue weighted by Gasteiger charge is -2.13. The van der Waals surface area contributed by atoms with Crippen molar-refractivity contribution in [1.82, 2.24) is 5.32 Å². The van der Waals surface area contributed by atoms with Gasteiger partial charge in [-0.05, 0) is 36.6 Å². The number of anilines is 1. The number of carbonyl (C=O) groups excluding carboxylic acids is 1. The number of nitrogens with zero attached hydrogens (tertiary/aromatic N) is 1. The monoisotopic (exact) mass is 282 g/mol. The van der Waals surface area contributed by atoms with Crippen molar-refractivity contribution >= 4 is 11.6 Å². The van der Waals surface area contributed by atoms with Crippen LogP contribution < -0.4 is 10.2 Å². The van der Waals surface area contributed by atoms with Gasteiger partial charge in [-0.25, -0.2) is 0 Å². The highest BCUT2D eigenvalue weighted by Crippen LogP contribution is 2.13. The van der Waals surface area contributed by atoms with E-state index in [0.717, 1.165) is 18.5 Å². The summed E-state index contributed by atoms with van der Waals surface area (Å²) in [6, 6.07) is 18.0. The van der Waals surface area contributed by atoms with Crippen molar-refractivity contribution < 1.29 is 4.79 Å². The summed E-state index contributed by atoms with van der Waals surface area (Å²) in [5.74, 6) is -0.00763. The van der Waals surface area contributed by atoms with Gasteiger partial charge in [-0.1, -0.05) is 36.4 Å². The average Bonchev–Trinajstić information content (AvgIpc) is 2.52. The first-order valence-electron chi connectivity index (χ1n) is 7.26. The lowest BCUT2D eigenvalue weighted by atomic mass is 10.1. The first-order valence-corrected chi connectivity index (χ1v) is 7.26. The normalized spacial score (nSPS) is 10.2. The van der Waals surface area contributed by atoms with E-state index in [9.17, 15) is 4.79 Å². The molecule has 0 saturated heterocycles. The summed E-state index contributed by atoms with van der Waals surface area (Å²) in [6.45, 7) is 0.694. The van der Waals surface area contributed by atoms with Gasteiger partial charge in [-0.3, -0.25) is 4.79 Å². The number of hydrogen-bond donors (Lipinski definition) is 1. The molecule has 0 unspecified atom stereocenters. The molecule has 0 spiro atoms. The van der Waals surface area contributed by atoms with Gasteiger partial charge in [0.15, 0.2) is 0 Å². The Morgan fingerprint density at radius 3 is 2.52 bits per heavy atom. The molecule has 0 radical (unpaired) electrons. The van der Waals surface area contributed by atoms with Gasteiger partial charge < -0.3 is 10.2 Å². The molecule has 0 fully saturated rings. The maximum atomic E-state index is 12.1. The summed E-state index contributed by atoms with van der Waals surface area (Å²) in [5.41, 5.74) is 3.05. The molecule has 0 saturated carbocycles. The average molecular weight is 282 g/mol. The van der Waals surface area contributed by atoms with Crippen molar-refractivity contribution in [2.75, 3.05) is 25.5 Å². The minimum Gasteiger partial charge on any atom is -0.378 e. The Kier molecular flexibility index (Phi) is 5.38. The molecule has 0 heterocycles. The second kappa shape index (κ2) is 7.48. The van der Waals surface area contributed by atoms with Gasteiger partial charge >= 0.3 is 0 Å². The fraction of sp³-hybridized carbons (Fsp3) is 0.278. The standard InChI is InChI=1S/C18H22N2O/c1-20(2)17-12-6-11-16(14-17)18(21)19-13-7-10-15-8-4-3-5-9-15/h3-6,8-9,11-12,14H,7,10,13H2,1-2H3,(H,19,21). The molecule has 2 rings (SSSR count). The molecule has 110 valence electrons. The van der Waals surface area contributed by atoms with E-state index in [-0.39, 0.29) is 5.91 Å². The highest BCUT2D eigenvalue weighted by molar-refractivity contribution is 5.95. The molecule has 3 heteroatoms. The van der Waals surface area contributed by atoms with Crippen LogP contribution in [-0.2, 0) is 6.42 Å². The Labute approximate surface area is 126 Å². The molecular weight excluding hydrogens is 260 g/mol. The molecule has 2 aromatic rings. The first-order chi connectivity index (χ1) is 10.2. The van der Waals surface area contributed by atoms with Crippen molar-refractivity contribution in [2.24, 2.45) is 0 Å². The fourth-order valence-corrected chi connectivity index (χ4v) is 2.17. The molecular formula is C18H22N2O. The van der Waals surface area contributed by atoms with E-state index in [4.69, 9.17) is 0 Å². The summed E-state index contributed by atoms with van der Waals surface area (Å²) in [7, 11) is 3.94. The predicted octanol–water partition coefficient (Wildman–Crippen LogP) is 3.12. The SMILES string of the molecule is CN(C)c1cccc(C(=O)NCCCc2ccccc2)c1. The first kappa shape index (κ1) is 15.1. The van der Waals surface area contributed by atoms with Crippen LogP contribution in [0.4, 0.5) is 5.69 Å². The van der Waals surface area contributed by atoms with E-state index in [2.05, 4.69) is 17.4 Å². The number of carbonyl (C=O) groups is 1. The van der Waals surface area contributed by atoms with Crippen LogP contribution in [0.5, 0.6) is 0 Å². The Bertz CT molecular complexity index is 579. The van der Waals surface area contributed by atoms with Crippen LogP contribution in [0.1, 0.15) is 22.3 Å². The Hall–Kier alpha value is -2.29. The second-order valence-corrected chi connectivity index (χ2v) is 5.29. The minimum absolute atomic E-state index is 0.00763. The number of aryl methyl sites for hydroxylation is 1. The van der Waals surface area contributed by atoms with Crippen molar-refractivity contribution in [3.8, 4) is 0 Å². The molecule has 21 heavy (non-hydrogen) atoms. The van der Waals surface area contributed by atoms with E-state index in [1.165, 1.54) is 5.56 Å². The van der Waals surface area contributed by atoms with Crippen LogP contribution in [-0.4, -0.2) is 26.5 Å². The molecule has 3 nitrogen and oxygen atoms in total. The summed E-state index contributed by atoms with van der Waals surface area (Å²) in [6.07, 6.45) is 1.93. The van der Waals surface area contributed by atoms with Gasteiger partial charge in [0.25, 0.3) is 5.91 Å². The Morgan fingerprint density at radius 2 is 1.81 bits per heavy atom. The molecule has 2 aromatic carbocycles. The highest BCUT2D eigenvalue weighted by atomic mass is 16.1. The van der Waals surface area contributed by atoms with E-state index in [1.54, 1.807) is 0 Å². The molecule has 0 aliphatic rings. The van der Waals surface area contributed by atoms with Crippen LogP contribution in [0.15, 0.2) is 54.6 Å². The molecule has 0 aliphatic heterocycles. The van der Waals surface area contributed by atoms with Crippen molar-refractivity contribution in [1.29, 1.82) is 0 Å². The highest BCUT2D eigenvalue weighted by Gasteiger charge is 2.06. The van der Waals surface area contributed by atoms with Gasteiger partial charge in [0, 0.05) is 31.9 Å². The van der Waals surface area contributed by atoms with Gasteiger partial charge in [-0.2, -0.15) is 0 Å². The molecule has 0 atom stereocenters. The second-order valence-electron chi connectivity index (χ2n) is 5.29. The smallest absolute Gasteiger partial charge is 0.251 e. The zero-order valence-electron chi connectivity index (χ0n) is 12.7. The van der Waals surface area contributed by atoms with Crippen LogP contribution in [0.2, 0.25) is 0 Å². The number of hydrogen-bond acceptors (Lipinski definition) is 2. The number of rotatable bonds is 6. The summed E-state index contributed by atoms with van der Waals surface area (Å²) in [5, 5.41) is 2.98. The van der Waals surface area contributed by atoms with Crippen LogP contribution in [0.25, 0.3) is 0 Å². The van der Waals surface area contributed by atoms with Gasteiger partial charge in [0.2, 0.25) is 0 Å². The zero-order chi connectivity index (χ0) is 15.1. The van der Waals surface area contributed by atoms with Crippen molar-refractivity contribution in [3.05, 3.63) is 65.7 Å². The Balaban J connectivity index is 1.81. The molecule has 1 N–H and O–H groups in total. The zero-order valence-corrected chi connectivity index (χ0v) is 12.7. The molecule has 0 aliphatic carbocycles. The van der Waals surface area contributed by atoms with Gasteiger partial charge in [-0.15, -0.1) is 0 Å². The van der Waals surface area contributed by atoms with Crippen molar-refractivity contribution in [3.63, 3.8) is 0 Å². The summed E-state index contributed by atoms with van der Waals surface area (Å²) < 4.78 is 0. The fourth-order valence-electron chi connectivity index (χ4n) is 2.17. The van der Waals surface area contributed by atoms with Crippen LogP contribution in [0.3, 0.4) is 0 Å². The third-order valence-electron chi connectivity index (χ3n) is 3.40. The van der Waals surface area contributed by atoms with E-state index in [0.29, 0.717) is 12.1 Å². The maximum Gasteiger partial charge on any atom is 0.251 e. The van der Waals surface area contributed by atoms with E-state index < -0.39 is 0 Å². The van der Waals surface area contributed by atoms with Crippen LogP contribution in [0, 0.1) is 0 Å². The van der Waals surface area contributed by atoms with E-state index >= 15 is 0 Å². The number of benzene rings is 2. The van der Waals surface area contributed by atoms with Gasteiger partial charge in [0.05, 0.1) is 0 Å². The van der Waals surface area contributed by atoms with Crippen LogP contribution >= 0.6 is 0 Å². The maximum absolute atomic E-state index is 12.1. The quantitative estimate of drug-likeness (QED) is 0.826. The number of nitrogens with one attached hydrogen (secondary N) is 1. The summed E-state index contributed by atoms with van der Waals surface area (Å²) in [4.78, 5) is 14.1. The van der Waals surface area contributed by atoms with E-state index in [1.807, 2.05) is 61.5 Å². The Morgan fingerprint density at radius 1 is 1.05 bits per heavy atom. The lowest BCUT2D eigenvalue weighted by Crippen LogP contribution is -2.25. The predicted molar refractivity (Wildman–Crippen MR) is 87.9 cm³/mol. The third kappa shape index (κ3) is 4.63.